The SMILES string of the molecule is NC(=O)C1CCC1C(N)c1ccc(Cl)c(Cl)c1. The van der Waals surface area contributed by atoms with Crippen molar-refractivity contribution in [2.24, 2.45) is 23.3 Å². The summed E-state index contributed by atoms with van der Waals surface area (Å²) in [6, 6.07) is 5.10. The number of amides is 1. The van der Waals surface area contributed by atoms with Crippen molar-refractivity contribution in [2.75, 3.05) is 0 Å². The highest BCUT2D eigenvalue weighted by Gasteiger charge is 2.39. The van der Waals surface area contributed by atoms with Gasteiger partial charge in [-0.05, 0) is 36.5 Å². The van der Waals surface area contributed by atoms with Crippen molar-refractivity contribution in [3.8, 4) is 0 Å². The van der Waals surface area contributed by atoms with Crippen molar-refractivity contribution in [3.63, 3.8) is 0 Å². The van der Waals surface area contributed by atoms with Gasteiger partial charge in [0, 0.05) is 12.0 Å². The van der Waals surface area contributed by atoms with E-state index in [4.69, 9.17) is 34.7 Å². The molecular weight excluding hydrogens is 259 g/mol. The predicted molar refractivity (Wildman–Crippen MR) is 68.8 cm³/mol. The second-order valence-electron chi connectivity index (χ2n) is 4.45. The fourth-order valence-corrected chi connectivity index (χ4v) is 2.58. The highest BCUT2D eigenvalue weighted by molar-refractivity contribution is 6.42. The van der Waals surface area contributed by atoms with Gasteiger partial charge in [-0.25, -0.2) is 0 Å². The van der Waals surface area contributed by atoms with E-state index in [0.717, 1.165) is 18.4 Å². The van der Waals surface area contributed by atoms with E-state index in [-0.39, 0.29) is 23.8 Å². The van der Waals surface area contributed by atoms with E-state index in [1.54, 1.807) is 12.1 Å². The predicted octanol–water partition coefficient (Wildman–Crippen LogP) is 2.50. The highest BCUT2D eigenvalue weighted by atomic mass is 35.5. The molecule has 0 saturated heterocycles. The number of hydrogen-bond acceptors (Lipinski definition) is 2. The van der Waals surface area contributed by atoms with Gasteiger partial charge in [-0.3, -0.25) is 4.79 Å². The molecule has 4 N–H and O–H groups in total. The van der Waals surface area contributed by atoms with E-state index in [1.807, 2.05) is 6.07 Å². The Balaban J connectivity index is 2.17. The number of benzene rings is 1. The number of carbonyl (C=O) groups excluding carboxylic acids is 1. The Morgan fingerprint density at radius 3 is 2.47 bits per heavy atom. The molecule has 0 aromatic heterocycles. The van der Waals surface area contributed by atoms with E-state index in [1.165, 1.54) is 0 Å². The van der Waals surface area contributed by atoms with Crippen molar-refractivity contribution in [3.05, 3.63) is 33.8 Å². The van der Waals surface area contributed by atoms with Crippen LogP contribution >= 0.6 is 23.2 Å². The molecule has 2 rings (SSSR count). The highest BCUT2D eigenvalue weighted by Crippen LogP contribution is 2.42. The van der Waals surface area contributed by atoms with Gasteiger partial charge in [0.25, 0.3) is 0 Å². The Labute approximate surface area is 110 Å². The summed E-state index contributed by atoms with van der Waals surface area (Å²) in [5.74, 6) is -0.263. The van der Waals surface area contributed by atoms with Crippen LogP contribution in [0.2, 0.25) is 10.0 Å². The maximum absolute atomic E-state index is 11.2. The molecule has 0 heterocycles. The molecule has 1 saturated carbocycles. The monoisotopic (exact) mass is 272 g/mol. The van der Waals surface area contributed by atoms with Crippen LogP contribution in [0.1, 0.15) is 24.4 Å². The fraction of sp³-hybridized carbons (Fsp3) is 0.417. The standard InChI is InChI=1S/C12H14Cl2N2O/c13-9-4-1-6(5-10(9)14)11(15)7-2-3-8(7)12(16)17/h1,4-5,7-8,11H,2-3,15H2,(H2,16,17). The molecule has 1 aliphatic rings. The van der Waals surface area contributed by atoms with Crippen LogP contribution in [-0.4, -0.2) is 5.91 Å². The maximum Gasteiger partial charge on any atom is 0.220 e. The minimum absolute atomic E-state index is 0.112. The van der Waals surface area contributed by atoms with Gasteiger partial charge in [0.1, 0.15) is 0 Å². The Hall–Kier alpha value is -0.770. The van der Waals surface area contributed by atoms with Crippen LogP contribution in [0.15, 0.2) is 18.2 Å². The summed E-state index contributed by atoms with van der Waals surface area (Å²) >= 11 is 11.8. The van der Waals surface area contributed by atoms with Gasteiger partial charge >= 0.3 is 0 Å². The molecule has 3 nitrogen and oxygen atoms in total. The summed E-state index contributed by atoms with van der Waals surface area (Å²) in [6.07, 6.45) is 1.75. The lowest BCUT2D eigenvalue weighted by Gasteiger charge is -2.38. The van der Waals surface area contributed by atoms with E-state index >= 15 is 0 Å². The number of halogens is 2. The lowest BCUT2D eigenvalue weighted by molar-refractivity contribution is -0.127. The van der Waals surface area contributed by atoms with Gasteiger partial charge in [-0.15, -0.1) is 0 Å². The Kier molecular flexibility index (Phi) is 3.61. The topological polar surface area (TPSA) is 69.1 Å². The first-order chi connectivity index (χ1) is 8.00. The lowest BCUT2D eigenvalue weighted by atomic mass is 9.68. The first kappa shape index (κ1) is 12.7. The Morgan fingerprint density at radius 1 is 1.29 bits per heavy atom. The average Bonchev–Trinajstić information content (AvgIpc) is 2.19. The summed E-state index contributed by atoms with van der Waals surface area (Å²) in [6.45, 7) is 0. The molecule has 3 atom stereocenters. The molecule has 1 amide bonds. The molecule has 0 bridgehead atoms. The van der Waals surface area contributed by atoms with Crippen molar-refractivity contribution < 1.29 is 4.79 Å². The van der Waals surface area contributed by atoms with Crippen LogP contribution in [0.25, 0.3) is 0 Å². The van der Waals surface area contributed by atoms with Gasteiger partial charge in [0.05, 0.1) is 10.0 Å². The smallest absolute Gasteiger partial charge is 0.220 e. The lowest BCUT2D eigenvalue weighted by Crippen LogP contribution is -2.42. The van der Waals surface area contributed by atoms with E-state index in [2.05, 4.69) is 0 Å². The third-order valence-corrected chi connectivity index (χ3v) is 4.22. The molecule has 0 aliphatic heterocycles. The largest absolute Gasteiger partial charge is 0.369 e. The molecular formula is C12H14Cl2N2O. The summed E-state index contributed by atoms with van der Waals surface area (Å²) in [5, 5.41) is 0.984. The number of primary amides is 1. The van der Waals surface area contributed by atoms with Crippen molar-refractivity contribution in [2.45, 2.75) is 18.9 Å². The molecule has 92 valence electrons. The van der Waals surface area contributed by atoms with Crippen molar-refractivity contribution >= 4 is 29.1 Å². The van der Waals surface area contributed by atoms with Crippen LogP contribution in [0.5, 0.6) is 0 Å². The summed E-state index contributed by atoms with van der Waals surface area (Å²) in [5.41, 5.74) is 12.4. The molecule has 3 unspecified atom stereocenters. The molecule has 1 aliphatic carbocycles. The molecule has 17 heavy (non-hydrogen) atoms. The van der Waals surface area contributed by atoms with E-state index in [0.29, 0.717) is 10.0 Å². The van der Waals surface area contributed by atoms with E-state index in [9.17, 15) is 4.79 Å². The summed E-state index contributed by atoms with van der Waals surface area (Å²) in [4.78, 5) is 11.2. The maximum atomic E-state index is 11.2. The molecule has 1 aromatic carbocycles. The van der Waals surface area contributed by atoms with Crippen molar-refractivity contribution in [1.29, 1.82) is 0 Å². The van der Waals surface area contributed by atoms with Gasteiger partial charge in [-0.2, -0.15) is 0 Å². The summed E-state index contributed by atoms with van der Waals surface area (Å²) < 4.78 is 0. The molecule has 1 aromatic rings. The third kappa shape index (κ3) is 2.41. The quantitative estimate of drug-likeness (QED) is 0.888. The second kappa shape index (κ2) is 4.84. The van der Waals surface area contributed by atoms with Gasteiger partial charge < -0.3 is 11.5 Å². The van der Waals surface area contributed by atoms with Crippen LogP contribution in [0, 0.1) is 11.8 Å². The molecule has 0 spiro atoms. The number of rotatable bonds is 3. The Bertz CT molecular complexity index is 450. The third-order valence-electron chi connectivity index (χ3n) is 3.48. The van der Waals surface area contributed by atoms with Crippen molar-refractivity contribution in [1.82, 2.24) is 0 Å². The zero-order valence-corrected chi connectivity index (χ0v) is 10.7. The van der Waals surface area contributed by atoms with E-state index < -0.39 is 0 Å². The van der Waals surface area contributed by atoms with Gasteiger partial charge in [0.2, 0.25) is 5.91 Å². The van der Waals surface area contributed by atoms with Crippen LogP contribution < -0.4 is 11.5 Å². The molecule has 0 radical (unpaired) electrons. The van der Waals surface area contributed by atoms with Gasteiger partial charge in [-0.1, -0.05) is 29.3 Å². The molecule has 1 fully saturated rings. The second-order valence-corrected chi connectivity index (χ2v) is 5.26. The number of hydrogen-bond donors (Lipinski definition) is 2. The average molecular weight is 273 g/mol. The fourth-order valence-electron chi connectivity index (χ4n) is 2.28. The van der Waals surface area contributed by atoms with Gasteiger partial charge in [0.15, 0.2) is 0 Å². The Morgan fingerprint density at radius 2 is 2.00 bits per heavy atom. The van der Waals surface area contributed by atoms with Crippen LogP contribution in [-0.2, 0) is 4.79 Å². The zero-order chi connectivity index (χ0) is 12.6. The number of carbonyl (C=O) groups is 1. The van der Waals surface area contributed by atoms with Crippen LogP contribution in [0.4, 0.5) is 0 Å². The summed E-state index contributed by atoms with van der Waals surface area (Å²) in [7, 11) is 0. The normalized spacial score (nSPS) is 25.1. The number of nitrogens with two attached hydrogens (primary N) is 2. The minimum Gasteiger partial charge on any atom is -0.369 e. The molecule has 5 heteroatoms. The first-order valence-electron chi connectivity index (χ1n) is 5.50. The zero-order valence-electron chi connectivity index (χ0n) is 9.20. The first-order valence-corrected chi connectivity index (χ1v) is 6.26. The minimum atomic E-state index is -0.267. The van der Waals surface area contributed by atoms with Crippen LogP contribution in [0.3, 0.4) is 0 Å².